The number of hydrogen-bond acceptors (Lipinski definition) is 4. The second-order valence-corrected chi connectivity index (χ2v) is 5.58. The van der Waals surface area contributed by atoms with E-state index < -0.39 is 0 Å². The van der Waals surface area contributed by atoms with Gasteiger partial charge in [-0.2, -0.15) is 11.3 Å². The zero-order chi connectivity index (χ0) is 16.5. The van der Waals surface area contributed by atoms with E-state index in [0.717, 1.165) is 30.4 Å². The molecule has 23 heavy (non-hydrogen) atoms. The highest BCUT2D eigenvalue weighted by Crippen LogP contribution is 2.30. The lowest BCUT2D eigenvalue weighted by Gasteiger charge is -2.14. The quantitative estimate of drug-likeness (QED) is 0.602. The average molecular weight is 333 g/mol. The SMILES string of the molecule is CCOc1ccc(NC(=NC)NCCc2ccsc2)cc1OC. The summed E-state index contributed by atoms with van der Waals surface area (Å²) in [5, 5.41) is 10.8. The maximum absolute atomic E-state index is 5.52. The van der Waals surface area contributed by atoms with Crippen LogP contribution in [0.4, 0.5) is 5.69 Å². The topological polar surface area (TPSA) is 54.9 Å². The molecule has 1 heterocycles. The minimum absolute atomic E-state index is 0.606. The van der Waals surface area contributed by atoms with E-state index in [2.05, 4.69) is 32.5 Å². The largest absolute Gasteiger partial charge is 0.493 e. The number of nitrogens with one attached hydrogen (secondary N) is 2. The monoisotopic (exact) mass is 333 g/mol. The van der Waals surface area contributed by atoms with E-state index in [1.807, 2.05) is 25.1 Å². The molecule has 2 rings (SSSR count). The van der Waals surface area contributed by atoms with Crippen LogP contribution in [0.1, 0.15) is 12.5 Å². The van der Waals surface area contributed by atoms with Crippen molar-refractivity contribution in [1.29, 1.82) is 0 Å². The van der Waals surface area contributed by atoms with Crippen LogP contribution in [-0.4, -0.2) is 33.3 Å². The Bertz CT molecular complexity index is 627. The number of guanidine groups is 1. The Morgan fingerprint density at radius 1 is 1.26 bits per heavy atom. The lowest BCUT2D eigenvalue weighted by atomic mass is 10.2. The van der Waals surface area contributed by atoms with E-state index in [1.54, 1.807) is 25.5 Å². The van der Waals surface area contributed by atoms with Gasteiger partial charge in [0.1, 0.15) is 0 Å². The molecule has 0 fully saturated rings. The predicted octanol–water partition coefficient (Wildman–Crippen LogP) is 3.39. The van der Waals surface area contributed by atoms with Crippen molar-refractivity contribution < 1.29 is 9.47 Å². The molecule has 2 aromatic rings. The Labute approximate surface area is 141 Å². The number of aliphatic imine (C=N–C) groups is 1. The number of nitrogens with zero attached hydrogens (tertiary/aromatic N) is 1. The standard InChI is InChI=1S/C17H23N3O2S/c1-4-22-15-6-5-14(11-16(15)21-3)20-17(18-2)19-9-7-13-8-10-23-12-13/h5-6,8,10-12H,4,7,9H2,1-3H3,(H2,18,19,20). The lowest BCUT2D eigenvalue weighted by Crippen LogP contribution is -2.32. The van der Waals surface area contributed by atoms with Gasteiger partial charge in [0.05, 0.1) is 13.7 Å². The highest BCUT2D eigenvalue weighted by atomic mass is 32.1. The fourth-order valence-corrected chi connectivity index (χ4v) is 2.80. The number of benzene rings is 1. The van der Waals surface area contributed by atoms with Crippen molar-refractivity contribution in [1.82, 2.24) is 5.32 Å². The zero-order valence-electron chi connectivity index (χ0n) is 13.8. The van der Waals surface area contributed by atoms with E-state index >= 15 is 0 Å². The fraction of sp³-hybridized carbons (Fsp3) is 0.353. The molecule has 124 valence electrons. The molecule has 0 saturated heterocycles. The molecule has 0 amide bonds. The Hall–Kier alpha value is -2.21. The molecule has 6 heteroatoms. The molecule has 1 aromatic heterocycles. The van der Waals surface area contributed by atoms with Gasteiger partial charge in [0.15, 0.2) is 17.5 Å². The Kier molecular flexibility index (Phi) is 6.75. The summed E-state index contributed by atoms with van der Waals surface area (Å²) >= 11 is 1.72. The molecule has 0 spiro atoms. The summed E-state index contributed by atoms with van der Waals surface area (Å²) in [5.74, 6) is 2.16. The van der Waals surface area contributed by atoms with Gasteiger partial charge in [0, 0.05) is 25.3 Å². The average Bonchev–Trinajstić information content (AvgIpc) is 3.08. The van der Waals surface area contributed by atoms with E-state index in [9.17, 15) is 0 Å². The maximum atomic E-state index is 5.52. The van der Waals surface area contributed by atoms with Gasteiger partial charge in [-0.25, -0.2) is 0 Å². The molecular weight excluding hydrogens is 310 g/mol. The van der Waals surface area contributed by atoms with E-state index in [-0.39, 0.29) is 0 Å². The lowest BCUT2D eigenvalue weighted by molar-refractivity contribution is 0.311. The molecule has 0 unspecified atom stereocenters. The minimum atomic E-state index is 0.606. The Morgan fingerprint density at radius 2 is 2.13 bits per heavy atom. The van der Waals surface area contributed by atoms with Crippen molar-refractivity contribution in [3.05, 3.63) is 40.6 Å². The summed E-state index contributed by atoms with van der Waals surface area (Å²) in [6.07, 6.45) is 0.969. The number of hydrogen-bond donors (Lipinski definition) is 2. The van der Waals surface area contributed by atoms with Crippen LogP contribution in [-0.2, 0) is 6.42 Å². The highest BCUT2D eigenvalue weighted by Gasteiger charge is 2.06. The molecular formula is C17H23N3O2S. The molecule has 5 nitrogen and oxygen atoms in total. The van der Waals surface area contributed by atoms with Crippen LogP contribution < -0.4 is 20.1 Å². The first-order chi connectivity index (χ1) is 11.3. The van der Waals surface area contributed by atoms with Gasteiger partial charge in [-0.15, -0.1) is 0 Å². The Morgan fingerprint density at radius 3 is 2.78 bits per heavy atom. The zero-order valence-corrected chi connectivity index (χ0v) is 14.6. The first kappa shape index (κ1) is 17.1. The molecule has 0 bridgehead atoms. The molecule has 0 saturated carbocycles. The summed E-state index contributed by atoms with van der Waals surface area (Å²) in [5.41, 5.74) is 2.23. The van der Waals surface area contributed by atoms with Gasteiger partial charge in [0.2, 0.25) is 0 Å². The minimum Gasteiger partial charge on any atom is -0.493 e. The number of thiophene rings is 1. The van der Waals surface area contributed by atoms with Crippen LogP contribution in [0.25, 0.3) is 0 Å². The summed E-state index contributed by atoms with van der Waals surface area (Å²) < 4.78 is 10.9. The molecule has 2 N–H and O–H groups in total. The highest BCUT2D eigenvalue weighted by molar-refractivity contribution is 7.07. The van der Waals surface area contributed by atoms with Crippen LogP contribution >= 0.6 is 11.3 Å². The van der Waals surface area contributed by atoms with Crippen LogP contribution in [0.5, 0.6) is 11.5 Å². The maximum Gasteiger partial charge on any atom is 0.195 e. The van der Waals surface area contributed by atoms with E-state index in [1.165, 1.54) is 5.56 Å². The van der Waals surface area contributed by atoms with Crippen LogP contribution in [0.2, 0.25) is 0 Å². The third-order valence-electron chi connectivity index (χ3n) is 3.24. The fourth-order valence-electron chi connectivity index (χ4n) is 2.10. The third kappa shape index (κ3) is 5.17. The summed E-state index contributed by atoms with van der Waals surface area (Å²) in [6, 6.07) is 7.87. The van der Waals surface area contributed by atoms with Crippen LogP contribution in [0.15, 0.2) is 40.0 Å². The molecule has 0 aliphatic heterocycles. The summed E-state index contributed by atoms with van der Waals surface area (Å²) in [4.78, 5) is 4.24. The van der Waals surface area contributed by atoms with Gasteiger partial charge in [0.25, 0.3) is 0 Å². The van der Waals surface area contributed by atoms with Crippen molar-refractivity contribution in [3.63, 3.8) is 0 Å². The second-order valence-electron chi connectivity index (χ2n) is 4.80. The van der Waals surface area contributed by atoms with Gasteiger partial charge >= 0.3 is 0 Å². The van der Waals surface area contributed by atoms with E-state index in [4.69, 9.17) is 9.47 Å². The molecule has 0 radical (unpaired) electrons. The summed E-state index contributed by atoms with van der Waals surface area (Å²) in [7, 11) is 3.39. The number of rotatable bonds is 7. The van der Waals surface area contributed by atoms with Gasteiger partial charge in [-0.3, -0.25) is 4.99 Å². The number of anilines is 1. The van der Waals surface area contributed by atoms with Gasteiger partial charge < -0.3 is 20.1 Å². The van der Waals surface area contributed by atoms with Gasteiger partial charge in [-0.1, -0.05) is 0 Å². The first-order valence-corrected chi connectivity index (χ1v) is 8.50. The van der Waals surface area contributed by atoms with E-state index in [0.29, 0.717) is 12.4 Å². The predicted molar refractivity (Wildman–Crippen MR) is 97.2 cm³/mol. The van der Waals surface area contributed by atoms with Crippen LogP contribution in [0, 0.1) is 0 Å². The van der Waals surface area contributed by atoms with Crippen LogP contribution in [0.3, 0.4) is 0 Å². The number of methoxy groups -OCH3 is 1. The first-order valence-electron chi connectivity index (χ1n) is 7.56. The molecule has 1 aromatic carbocycles. The number of ether oxygens (including phenoxy) is 2. The van der Waals surface area contributed by atoms with Crippen molar-refractivity contribution in [2.24, 2.45) is 4.99 Å². The van der Waals surface area contributed by atoms with Gasteiger partial charge in [-0.05, 0) is 47.9 Å². The smallest absolute Gasteiger partial charge is 0.195 e. The van der Waals surface area contributed by atoms with Crippen molar-refractivity contribution in [3.8, 4) is 11.5 Å². The molecule has 0 atom stereocenters. The molecule has 0 aliphatic carbocycles. The molecule has 0 aliphatic rings. The third-order valence-corrected chi connectivity index (χ3v) is 3.97. The summed E-state index contributed by atoms with van der Waals surface area (Å²) in [6.45, 7) is 3.38. The van der Waals surface area contributed by atoms with Crippen molar-refractivity contribution >= 4 is 23.0 Å². The normalized spacial score (nSPS) is 11.2. The second kappa shape index (κ2) is 9.05. The van der Waals surface area contributed by atoms with Crippen molar-refractivity contribution in [2.75, 3.05) is 32.6 Å². The van der Waals surface area contributed by atoms with Crippen molar-refractivity contribution in [2.45, 2.75) is 13.3 Å². The Balaban J connectivity index is 1.93.